The van der Waals surface area contributed by atoms with E-state index < -0.39 is 0 Å². The van der Waals surface area contributed by atoms with Crippen LogP contribution in [0.25, 0.3) is 0 Å². The Hall–Kier alpha value is -0.690. The average Bonchev–Trinajstić information content (AvgIpc) is 2.93. The highest BCUT2D eigenvalue weighted by atomic mass is 16.5. The van der Waals surface area contributed by atoms with Crippen molar-refractivity contribution in [2.24, 2.45) is 5.92 Å². The summed E-state index contributed by atoms with van der Waals surface area (Å²) >= 11 is 0. The number of hydrogen-bond donors (Lipinski definition) is 1. The van der Waals surface area contributed by atoms with Crippen LogP contribution >= 0.6 is 0 Å². The molecule has 122 valence electrons. The lowest BCUT2D eigenvalue weighted by Crippen LogP contribution is -2.53. The van der Waals surface area contributed by atoms with E-state index in [0.717, 1.165) is 45.8 Å². The van der Waals surface area contributed by atoms with Crippen molar-refractivity contribution in [3.63, 3.8) is 0 Å². The van der Waals surface area contributed by atoms with E-state index in [0.29, 0.717) is 13.2 Å². The third-order valence-electron chi connectivity index (χ3n) is 4.41. The Bertz CT molecular complexity index is 330. The Morgan fingerprint density at radius 3 is 2.57 bits per heavy atom. The van der Waals surface area contributed by atoms with Crippen LogP contribution < -0.4 is 5.32 Å². The van der Waals surface area contributed by atoms with Gasteiger partial charge in [-0.3, -0.25) is 9.69 Å². The molecule has 0 aromatic carbocycles. The van der Waals surface area contributed by atoms with E-state index in [9.17, 15) is 4.79 Å². The molecule has 2 saturated heterocycles. The van der Waals surface area contributed by atoms with Crippen molar-refractivity contribution >= 4 is 5.91 Å². The van der Waals surface area contributed by atoms with E-state index in [1.807, 2.05) is 4.90 Å². The maximum Gasteiger partial charge on any atom is 0.229 e. The van der Waals surface area contributed by atoms with Crippen LogP contribution in [0.4, 0.5) is 0 Å². The molecule has 6 nitrogen and oxygen atoms in total. The van der Waals surface area contributed by atoms with Crippen LogP contribution in [0.5, 0.6) is 0 Å². The molecule has 0 aromatic heterocycles. The van der Waals surface area contributed by atoms with Gasteiger partial charge in [-0.1, -0.05) is 6.92 Å². The molecule has 21 heavy (non-hydrogen) atoms. The molecule has 2 rings (SSSR count). The Morgan fingerprint density at radius 1 is 1.24 bits per heavy atom. The number of likely N-dealkylation sites (N-methyl/N-ethyl adjacent to an activating group) is 2. The lowest BCUT2D eigenvalue weighted by molar-refractivity contribution is -0.137. The molecule has 2 aliphatic heterocycles. The van der Waals surface area contributed by atoms with Crippen molar-refractivity contribution in [3.8, 4) is 0 Å². The summed E-state index contributed by atoms with van der Waals surface area (Å²) in [5.74, 6) is 0.268. The van der Waals surface area contributed by atoms with Gasteiger partial charge in [0, 0.05) is 45.3 Å². The van der Waals surface area contributed by atoms with Gasteiger partial charge < -0.3 is 19.9 Å². The predicted octanol–water partition coefficient (Wildman–Crippen LogP) is -0.683. The SMILES string of the molecule is CCNC1COCC1C(=O)N1CCN(CCN(C)C)CC1. The molecular formula is C15H30N4O2. The van der Waals surface area contributed by atoms with Gasteiger partial charge in [-0.2, -0.15) is 0 Å². The van der Waals surface area contributed by atoms with E-state index in [1.165, 1.54) is 0 Å². The van der Waals surface area contributed by atoms with Crippen LogP contribution in [-0.4, -0.2) is 99.8 Å². The first-order valence-electron chi connectivity index (χ1n) is 8.08. The van der Waals surface area contributed by atoms with E-state index in [1.54, 1.807) is 0 Å². The molecule has 2 unspecified atom stereocenters. The summed E-state index contributed by atoms with van der Waals surface area (Å²) in [5, 5.41) is 3.37. The molecule has 0 bridgehead atoms. The maximum absolute atomic E-state index is 12.6. The molecule has 2 fully saturated rings. The van der Waals surface area contributed by atoms with Gasteiger partial charge in [-0.25, -0.2) is 0 Å². The molecular weight excluding hydrogens is 268 g/mol. The standard InChI is InChI=1S/C15H30N4O2/c1-4-16-14-12-21-11-13(14)15(20)19-9-7-18(8-10-19)6-5-17(2)3/h13-14,16H,4-12H2,1-3H3. The largest absolute Gasteiger partial charge is 0.379 e. The summed E-state index contributed by atoms with van der Waals surface area (Å²) in [7, 11) is 4.20. The molecule has 6 heteroatoms. The highest BCUT2D eigenvalue weighted by Crippen LogP contribution is 2.18. The minimum Gasteiger partial charge on any atom is -0.379 e. The minimum absolute atomic E-state index is 0.00160. The second kappa shape index (κ2) is 8.08. The lowest BCUT2D eigenvalue weighted by Gasteiger charge is -2.36. The molecule has 1 N–H and O–H groups in total. The summed E-state index contributed by atoms with van der Waals surface area (Å²) in [6.45, 7) is 10.0. The summed E-state index contributed by atoms with van der Waals surface area (Å²) in [5.41, 5.74) is 0. The second-order valence-electron chi connectivity index (χ2n) is 6.28. The molecule has 0 radical (unpaired) electrons. The van der Waals surface area contributed by atoms with E-state index in [4.69, 9.17) is 4.74 Å². The zero-order chi connectivity index (χ0) is 15.2. The summed E-state index contributed by atoms with van der Waals surface area (Å²) < 4.78 is 5.49. The molecule has 1 amide bonds. The normalized spacial score (nSPS) is 27.5. The van der Waals surface area contributed by atoms with Crippen LogP contribution in [0, 0.1) is 5.92 Å². The fourth-order valence-corrected chi connectivity index (χ4v) is 3.03. The average molecular weight is 298 g/mol. The van der Waals surface area contributed by atoms with Crippen LogP contribution in [0.15, 0.2) is 0 Å². The Balaban J connectivity index is 1.77. The van der Waals surface area contributed by atoms with Crippen LogP contribution in [0.3, 0.4) is 0 Å². The third kappa shape index (κ3) is 4.64. The van der Waals surface area contributed by atoms with Gasteiger partial charge in [0.05, 0.1) is 19.1 Å². The van der Waals surface area contributed by atoms with Crippen LogP contribution in [0.1, 0.15) is 6.92 Å². The molecule has 2 aliphatic rings. The number of nitrogens with one attached hydrogen (secondary N) is 1. The van der Waals surface area contributed by atoms with E-state index >= 15 is 0 Å². The minimum atomic E-state index is -0.00160. The second-order valence-corrected chi connectivity index (χ2v) is 6.28. The van der Waals surface area contributed by atoms with Gasteiger partial charge >= 0.3 is 0 Å². The third-order valence-corrected chi connectivity index (χ3v) is 4.41. The molecule has 0 spiro atoms. The zero-order valence-electron chi connectivity index (χ0n) is 13.7. The van der Waals surface area contributed by atoms with Gasteiger partial charge in [0.25, 0.3) is 0 Å². The molecule has 0 aromatic rings. The number of carbonyl (C=O) groups is 1. The number of carbonyl (C=O) groups excluding carboxylic acids is 1. The smallest absolute Gasteiger partial charge is 0.229 e. The lowest BCUT2D eigenvalue weighted by atomic mass is 10.0. The Morgan fingerprint density at radius 2 is 1.95 bits per heavy atom. The van der Waals surface area contributed by atoms with Crippen molar-refractivity contribution in [3.05, 3.63) is 0 Å². The first-order valence-corrected chi connectivity index (χ1v) is 8.08. The highest BCUT2D eigenvalue weighted by Gasteiger charge is 2.36. The number of amides is 1. The highest BCUT2D eigenvalue weighted by molar-refractivity contribution is 5.80. The van der Waals surface area contributed by atoms with Crippen molar-refractivity contribution in [2.75, 3.05) is 73.1 Å². The summed E-state index contributed by atoms with van der Waals surface area (Å²) in [4.78, 5) is 19.3. The van der Waals surface area contributed by atoms with Gasteiger partial charge in [0.1, 0.15) is 0 Å². The Kier molecular flexibility index (Phi) is 6.41. The fraction of sp³-hybridized carbons (Fsp3) is 0.933. The number of rotatable bonds is 6. The molecule has 2 heterocycles. The van der Waals surface area contributed by atoms with E-state index in [-0.39, 0.29) is 17.9 Å². The first-order chi connectivity index (χ1) is 10.1. The topological polar surface area (TPSA) is 48.1 Å². The number of piperazine rings is 1. The van der Waals surface area contributed by atoms with Gasteiger partial charge in [0.15, 0.2) is 0 Å². The molecule has 0 saturated carbocycles. The maximum atomic E-state index is 12.6. The van der Waals surface area contributed by atoms with Gasteiger partial charge in [-0.15, -0.1) is 0 Å². The van der Waals surface area contributed by atoms with E-state index in [2.05, 4.69) is 36.1 Å². The predicted molar refractivity (Wildman–Crippen MR) is 83.3 cm³/mol. The van der Waals surface area contributed by atoms with Crippen molar-refractivity contribution < 1.29 is 9.53 Å². The summed E-state index contributed by atoms with van der Waals surface area (Å²) in [6, 6.07) is 0.189. The molecule has 2 atom stereocenters. The molecule has 0 aliphatic carbocycles. The van der Waals surface area contributed by atoms with Crippen molar-refractivity contribution in [1.82, 2.24) is 20.0 Å². The quantitative estimate of drug-likeness (QED) is 0.704. The monoisotopic (exact) mass is 298 g/mol. The Labute approximate surface area is 128 Å². The van der Waals surface area contributed by atoms with Gasteiger partial charge in [-0.05, 0) is 20.6 Å². The van der Waals surface area contributed by atoms with Crippen molar-refractivity contribution in [1.29, 1.82) is 0 Å². The first kappa shape index (κ1) is 16.7. The van der Waals surface area contributed by atoms with Crippen LogP contribution in [-0.2, 0) is 9.53 Å². The van der Waals surface area contributed by atoms with Gasteiger partial charge in [0.2, 0.25) is 5.91 Å². The zero-order valence-corrected chi connectivity index (χ0v) is 13.7. The van der Waals surface area contributed by atoms with Crippen molar-refractivity contribution in [2.45, 2.75) is 13.0 Å². The fourth-order valence-electron chi connectivity index (χ4n) is 3.03. The number of hydrogen-bond acceptors (Lipinski definition) is 5. The summed E-state index contributed by atoms with van der Waals surface area (Å²) in [6.07, 6.45) is 0. The number of nitrogens with zero attached hydrogens (tertiary/aromatic N) is 3. The number of ether oxygens (including phenoxy) is 1. The van der Waals surface area contributed by atoms with Crippen LogP contribution in [0.2, 0.25) is 0 Å².